The van der Waals surface area contributed by atoms with Crippen molar-refractivity contribution < 1.29 is 12.7 Å². The fourth-order valence-electron chi connectivity index (χ4n) is 2.86. The van der Waals surface area contributed by atoms with Crippen LogP contribution in [-0.2, 0) is 14.6 Å². The highest BCUT2D eigenvalue weighted by Crippen LogP contribution is 2.14. The monoisotopic (exact) mass is 346 g/mol. The number of nitrogens with one attached hydrogen (secondary N) is 1. The second-order valence-corrected chi connectivity index (χ2v) is 7.78. The van der Waals surface area contributed by atoms with Gasteiger partial charge >= 0.3 is 10.3 Å². The minimum atomic E-state index is -3.62. The summed E-state index contributed by atoms with van der Waals surface area (Å²) in [5.74, 6) is 0.434. The second kappa shape index (κ2) is 12.6. The SMILES string of the molecule is CCCCCCCCCCCCCCCCC1=NOS(=O)(=O)N1. The number of oxime groups is 1. The molecule has 5 nitrogen and oxygen atoms in total. The van der Waals surface area contributed by atoms with Crippen molar-refractivity contribution in [3.05, 3.63) is 0 Å². The zero-order valence-electron chi connectivity index (χ0n) is 14.7. The van der Waals surface area contributed by atoms with Crippen LogP contribution in [0.2, 0.25) is 0 Å². The molecule has 1 N–H and O–H groups in total. The molecule has 1 rings (SSSR count). The van der Waals surface area contributed by atoms with Gasteiger partial charge < -0.3 is 0 Å². The lowest BCUT2D eigenvalue weighted by Gasteiger charge is -2.03. The van der Waals surface area contributed by atoms with E-state index in [-0.39, 0.29) is 0 Å². The van der Waals surface area contributed by atoms with Crippen LogP contribution in [0.15, 0.2) is 5.16 Å². The van der Waals surface area contributed by atoms with Crippen LogP contribution in [0.1, 0.15) is 103 Å². The van der Waals surface area contributed by atoms with Crippen LogP contribution < -0.4 is 4.72 Å². The molecular formula is C17H34N2O3S. The Morgan fingerprint density at radius 3 is 1.61 bits per heavy atom. The Labute approximate surface area is 142 Å². The number of nitrogens with zero attached hydrogens (tertiary/aromatic N) is 1. The highest BCUT2D eigenvalue weighted by molar-refractivity contribution is 7.85. The lowest BCUT2D eigenvalue weighted by atomic mass is 10.0. The quantitative estimate of drug-likeness (QED) is 0.423. The Morgan fingerprint density at radius 1 is 0.783 bits per heavy atom. The molecule has 0 aromatic heterocycles. The molecule has 0 amide bonds. The largest absolute Gasteiger partial charge is 0.428 e. The molecule has 0 aliphatic carbocycles. The summed E-state index contributed by atoms with van der Waals surface area (Å²) in [4.78, 5) is 0. The van der Waals surface area contributed by atoms with E-state index in [2.05, 4.69) is 21.1 Å². The van der Waals surface area contributed by atoms with E-state index >= 15 is 0 Å². The first-order valence-corrected chi connectivity index (χ1v) is 10.8. The molecular weight excluding hydrogens is 312 g/mol. The number of hydrogen-bond acceptors (Lipinski definition) is 4. The fourth-order valence-corrected chi connectivity index (χ4v) is 3.51. The van der Waals surface area contributed by atoms with E-state index in [0.29, 0.717) is 12.3 Å². The second-order valence-electron chi connectivity index (χ2n) is 6.51. The van der Waals surface area contributed by atoms with Crippen molar-refractivity contribution in [3.63, 3.8) is 0 Å². The fraction of sp³-hybridized carbons (Fsp3) is 0.941. The third-order valence-corrected chi connectivity index (χ3v) is 5.01. The molecule has 23 heavy (non-hydrogen) atoms. The zero-order chi connectivity index (χ0) is 16.8. The minimum Gasteiger partial charge on any atom is -0.250 e. The molecule has 1 heterocycles. The predicted octanol–water partition coefficient (Wildman–Crippen LogP) is 5.04. The molecule has 0 bridgehead atoms. The van der Waals surface area contributed by atoms with E-state index in [0.717, 1.165) is 12.8 Å². The van der Waals surface area contributed by atoms with Gasteiger partial charge in [-0.15, -0.1) is 0 Å². The number of rotatable bonds is 15. The first-order valence-electron chi connectivity index (χ1n) is 9.42. The molecule has 1 aliphatic heterocycles. The van der Waals surface area contributed by atoms with Gasteiger partial charge in [-0.1, -0.05) is 90.4 Å². The van der Waals surface area contributed by atoms with Crippen LogP contribution in [-0.4, -0.2) is 14.3 Å². The topological polar surface area (TPSA) is 67.8 Å². The normalized spacial score (nSPS) is 16.0. The van der Waals surface area contributed by atoms with Crippen molar-refractivity contribution in [2.24, 2.45) is 5.16 Å². The molecule has 6 heteroatoms. The van der Waals surface area contributed by atoms with Crippen LogP contribution in [0.25, 0.3) is 0 Å². The summed E-state index contributed by atoms with van der Waals surface area (Å²) in [6, 6.07) is 0. The maximum Gasteiger partial charge on any atom is 0.428 e. The average molecular weight is 347 g/mol. The van der Waals surface area contributed by atoms with Crippen LogP contribution in [0.4, 0.5) is 0 Å². The number of hydrogen-bond donors (Lipinski definition) is 1. The van der Waals surface area contributed by atoms with Crippen LogP contribution in [0.5, 0.6) is 0 Å². The molecule has 0 aromatic rings. The van der Waals surface area contributed by atoms with Crippen molar-refractivity contribution >= 4 is 16.1 Å². The molecule has 0 aromatic carbocycles. The smallest absolute Gasteiger partial charge is 0.250 e. The van der Waals surface area contributed by atoms with Gasteiger partial charge in [-0.3, -0.25) is 4.28 Å². The molecule has 0 atom stereocenters. The third-order valence-electron chi connectivity index (χ3n) is 4.26. The van der Waals surface area contributed by atoms with E-state index in [1.165, 1.54) is 77.0 Å². The molecule has 0 radical (unpaired) electrons. The molecule has 0 unspecified atom stereocenters. The maximum absolute atomic E-state index is 10.9. The van der Waals surface area contributed by atoms with Crippen molar-refractivity contribution in [1.29, 1.82) is 0 Å². The maximum atomic E-state index is 10.9. The van der Waals surface area contributed by atoms with Crippen LogP contribution >= 0.6 is 0 Å². The van der Waals surface area contributed by atoms with Crippen molar-refractivity contribution in [3.8, 4) is 0 Å². The molecule has 0 fully saturated rings. The summed E-state index contributed by atoms with van der Waals surface area (Å²) in [5.41, 5.74) is 0. The summed E-state index contributed by atoms with van der Waals surface area (Å²) in [7, 11) is -3.62. The Hall–Kier alpha value is -0.780. The summed E-state index contributed by atoms with van der Waals surface area (Å²) in [6.45, 7) is 2.26. The summed E-state index contributed by atoms with van der Waals surface area (Å²) >= 11 is 0. The zero-order valence-corrected chi connectivity index (χ0v) is 15.5. The highest BCUT2D eigenvalue weighted by atomic mass is 32.2. The Kier molecular flexibility index (Phi) is 11.1. The van der Waals surface area contributed by atoms with Crippen molar-refractivity contribution in [2.45, 2.75) is 103 Å². The molecule has 136 valence electrons. The van der Waals surface area contributed by atoms with Gasteiger partial charge in [0, 0.05) is 6.42 Å². The molecule has 0 saturated heterocycles. The molecule has 0 spiro atoms. The lowest BCUT2D eigenvalue weighted by molar-refractivity contribution is 0.350. The molecule has 0 saturated carbocycles. The standard InChI is InChI=1S/C17H34N2O3S/c1-2-3-4-5-6-7-8-9-10-11-12-13-14-15-16-17-18-22-23(20,21)19-17/h2-16H2,1H3,(H,18,19). The van der Waals surface area contributed by atoms with Gasteiger partial charge in [0.2, 0.25) is 0 Å². The van der Waals surface area contributed by atoms with Gasteiger partial charge in [0.15, 0.2) is 5.84 Å². The predicted molar refractivity (Wildman–Crippen MR) is 95.5 cm³/mol. The van der Waals surface area contributed by atoms with E-state index in [4.69, 9.17) is 0 Å². The Bertz CT molecular complexity index is 422. The van der Waals surface area contributed by atoms with E-state index in [9.17, 15) is 8.42 Å². The van der Waals surface area contributed by atoms with Gasteiger partial charge in [0.1, 0.15) is 0 Å². The summed E-state index contributed by atoms with van der Waals surface area (Å²) in [6.07, 6.45) is 19.1. The van der Waals surface area contributed by atoms with Gasteiger partial charge in [0.25, 0.3) is 0 Å². The van der Waals surface area contributed by atoms with Crippen molar-refractivity contribution in [2.75, 3.05) is 0 Å². The number of amidine groups is 1. The Morgan fingerprint density at radius 2 is 1.22 bits per heavy atom. The van der Waals surface area contributed by atoms with E-state index in [1.807, 2.05) is 0 Å². The first kappa shape index (κ1) is 20.3. The van der Waals surface area contributed by atoms with Gasteiger partial charge in [0.05, 0.1) is 0 Å². The summed E-state index contributed by atoms with van der Waals surface area (Å²) in [5, 5.41) is 3.51. The van der Waals surface area contributed by atoms with E-state index in [1.54, 1.807) is 0 Å². The van der Waals surface area contributed by atoms with Gasteiger partial charge in [-0.25, -0.2) is 4.72 Å². The number of unbranched alkanes of at least 4 members (excludes halogenated alkanes) is 13. The molecule has 1 aliphatic rings. The minimum absolute atomic E-state index is 0.434. The van der Waals surface area contributed by atoms with Gasteiger partial charge in [-0.2, -0.15) is 8.42 Å². The lowest BCUT2D eigenvalue weighted by Crippen LogP contribution is -2.23. The summed E-state index contributed by atoms with van der Waals surface area (Å²) < 4.78 is 28.4. The van der Waals surface area contributed by atoms with E-state index < -0.39 is 10.3 Å². The average Bonchev–Trinajstić information content (AvgIpc) is 2.87. The highest BCUT2D eigenvalue weighted by Gasteiger charge is 2.21. The Balaban J connectivity index is 1.75. The van der Waals surface area contributed by atoms with Crippen molar-refractivity contribution in [1.82, 2.24) is 4.72 Å². The first-order chi connectivity index (χ1) is 11.1. The van der Waals surface area contributed by atoms with Gasteiger partial charge in [-0.05, 0) is 11.6 Å². The van der Waals surface area contributed by atoms with Crippen LogP contribution in [0.3, 0.4) is 0 Å². The third kappa shape index (κ3) is 11.4. The van der Waals surface area contributed by atoms with Crippen LogP contribution in [0, 0.1) is 0 Å².